The Labute approximate surface area is 319 Å². The molecule has 8 rings (SSSR count). The van der Waals surface area contributed by atoms with Gasteiger partial charge in [0, 0.05) is 19.5 Å². The molecule has 3 nitrogen and oxygen atoms in total. The Bertz CT molecular complexity index is 2470. The molecule has 256 valence electrons. The third kappa shape index (κ3) is 5.36. The van der Waals surface area contributed by atoms with Gasteiger partial charge in [-0.05, 0) is 115 Å². The molecular formula is C45H45N3PtS. The first-order chi connectivity index (χ1) is 23.9. The van der Waals surface area contributed by atoms with Gasteiger partial charge >= 0.3 is 21.1 Å². The third-order valence-corrected chi connectivity index (χ3v) is 12.5. The van der Waals surface area contributed by atoms with Crippen LogP contribution in [-0.4, -0.2) is 20.1 Å². The molecule has 0 radical (unpaired) electrons. The number of aliphatic imine (C=N–C) groups is 1. The van der Waals surface area contributed by atoms with Gasteiger partial charge in [-0.25, -0.2) is 0 Å². The van der Waals surface area contributed by atoms with Gasteiger partial charge < -0.3 is 14.5 Å². The van der Waals surface area contributed by atoms with Crippen molar-refractivity contribution >= 4 is 38.6 Å². The molecule has 0 amide bonds. The van der Waals surface area contributed by atoms with Gasteiger partial charge in [-0.1, -0.05) is 75.9 Å². The van der Waals surface area contributed by atoms with Gasteiger partial charge in [0.2, 0.25) is 0 Å². The summed E-state index contributed by atoms with van der Waals surface area (Å²) in [7, 11) is 0. The number of pyridine rings is 1. The second-order valence-corrected chi connectivity index (χ2v) is 17.1. The normalized spacial score (nSPS) is 21.5. The van der Waals surface area contributed by atoms with Crippen molar-refractivity contribution in [3.63, 3.8) is 0 Å². The minimum Gasteiger partial charge on any atom is -0.346 e. The number of benzene rings is 4. The molecule has 0 fully saturated rings. The van der Waals surface area contributed by atoms with Crippen LogP contribution < -0.4 is 0 Å². The number of thioether (sulfide) groups is 1. The smallest absolute Gasteiger partial charge is 0.346 e. The summed E-state index contributed by atoms with van der Waals surface area (Å²) in [5.74, 6) is 0.256. The van der Waals surface area contributed by atoms with E-state index in [2.05, 4.69) is 139 Å². The summed E-state index contributed by atoms with van der Waals surface area (Å²) in [6.45, 7) is 21.5. The fraction of sp³-hybridized carbons (Fsp3) is 0.333. The molecule has 2 atom stereocenters. The van der Waals surface area contributed by atoms with Crippen molar-refractivity contribution in [1.82, 2.24) is 9.55 Å². The summed E-state index contributed by atoms with van der Waals surface area (Å²) < 4.78 is 20.8. The van der Waals surface area contributed by atoms with E-state index in [1.807, 2.05) is 20.0 Å². The number of nitrogens with zero attached hydrogens (tertiary/aromatic N) is 3. The molecule has 6 aromatic rings. The van der Waals surface area contributed by atoms with Crippen molar-refractivity contribution in [2.24, 2.45) is 4.99 Å². The number of fused-ring (bicyclic) bond motifs is 6. The van der Waals surface area contributed by atoms with E-state index in [0.717, 1.165) is 66.2 Å². The third-order valence-electron chi connectivity index (χ3n) is 10.9. The van der Waals surface area contributed by atoms with E-state index < -0.39 is 16.7 Å². The van der Waals surface area contributed by atoms with E-state index in [9.17, 15) is 2.74 Å². The first-order valence-electron chi connectivity index (χ1n) is 18.4. The van der Waals surface area contributed by atoms with Crippen LogP contribution in [0.2, 0.25) is 0 Å². The monoisotopic (exact) mass is 856 g/mol. The minimum absolute atomic E-state index is 0. The van der Waals surface area contributed by atoms with Gasteiger partial charge in [0.1, 0.15) is 0 Å². The number of aryl methyl sites for hydroxylation is 2. The van der Waals surface area contributed by atoms with Crippen molar-refractivity contribution in [2.75, 3.05) is 0 Å². The Kier molecular flexibility index (Phi) is 7.83. The van der Waals surface area contributed by atoms with E-state index in [4.69, 9.17) is 9.98 Å². The summed E-state index contributed by atoms with van der Waals surface area (Å²) in [6, 6.07) is 31.6. The van der Waals surface area contributed by atoms with Crippen LogP contribution in [0.15, 0.2) is 77.9 Å². The van der Waals surface area contributed by atoms with Crippen LogP contribution in [0.4, 0.5) is 0 Å². The maximum absolute atomic E-state index is 9.53. The van der Waals surface area contributed by atoms with Gasteiger partial charge in [-0.15, -0.1) is 64.9 Å². The molecule has 1 aliphatic carbocycles. The van der Waals surface area contributed by atoms with Gasteiger partial charge in [-0.2, -0.15) is 0 Å². The fourth-order valence-electron chi connectivity index (χ4n) is 7.47. The number of rotatable bonds is 4. The Morgan fingerprint density at radius 3 is 2.42 bits per heavy atom. The van der Waals surface area contributed by atoms with Gasteiger partial charge in [0.05, 0.1) is 10.3 Å². The van der Waals surface area contributed by atoms with Crippen LogP contribution >= 0.6 is 11.8 Å². The fourth-order valence-corrected chi connectivity index (χ4v) is 8.88. The molecule has 5 heteroatoms. The summed E-state index contributed by atoms with van der Waals surface area (Å²) in [4.78, 5) is 10.1. The average Bonchev–Trinajstić information content (AvgIpc) is 3.60. The van der Waals surface area contributed by atoms with Crippen LogP contribution in [0, 0.1) is 32.9 Å². The molecule has 3 heterocycles. The van der Waals surface area contributed by atoms with E-state index in [1.54, 1.807) is 11.8 Å². The predicted molar refractivity (Wildman–Crippen MR) is 209 cm³/mol. The van der Waals surface area contributed by atoms with Crippen molar-refractivity contribution in [1.29, 1.82) is 0 Å². The molecule has 0 spiro atoms. The zero-order valence-corrected chi connectivity index (χ0v) is 33.7. The standard InChI is InChI=1S/C45H45N3S.Pt/c1-26(2)31-20-32(42-47-44(9)25-37-29(5)28(4)12-15-38(37)45(44,10)49-42)22-34(21-31)48-40-16-11-27(3)19-36(40)35-14-13-30(23-41(35)48)39-24-33(17-18-46-39)43(6,7)8;/h11-21,24,26H,25H2,1-10H3;/q-2;+2/t44-,45+;/m1./s1/i25D2;. The van der Waals surface area contributed by atoms with Crippen molar-refractivity contribution in [2.45, 2.75) is 97.2 Å². The zero-order valence-electron chi connectivity index (χ0n) is 32.6. The first kappa shape index (κ1) is 32.4. The van der Waals surface area contributed by atoms with Crippen molar-refractivity contribution in [3.05, 3.63) is 130 Å². The molecule has 0 saturated heterocycles. The van der Waals surface area contributed by atoms with Crippen LogP contribution in [0.25, 0.3) is 38.8 Å². The molecule has 1 aliphatic heterocycles. The summed E-state index contributed by atoms with van der Waals surface area (Å²) in [5.41, 5.74) is 12.4. The van der Waals surface area contributed by atoms with Crippen molar-refractivity contribution in [3.8, 4) is 16.9 Å². The maximum atomic E-state index is 9.53. The quantitative estimate of drug-likeness (QED) is 0.165. The summed E-state index contributed by atoms with van der Waals surface area (Å²) in [5, 5.41) is 3.14. The van der Waals surface area contributed by atoms with Crippen LogP contribution in [0.5, 0.6) is 0 Å². The Hall–Kier alpha value is -3.46. The van der Waals surface area contributed by atoms with Gasteiger partial charge in [-0.3, -0.25) is 0 Å². The van der Waals surface area contributed by atoms with E-state index in [1.165, 1.54) is 22.1 Å². The van der Waals surface area contributed by atoms with Crippen LogP contribution in [0.3, 0.4) is 0 Å². The maximum Gasteiger partial charge on any atom is 2.00 e. The Morgan fingerprint density at radius 2 is 1.68 bits per heavy atom. The van der Waals surface area contributed by atoms with Gasteiger partial charge in [0.25, 0.3) is 0 Å². The molecule has 4 aromatic carbocycles. The zero-order chi connectivity index (χ0) is 36.4. The molecule has 2 aliphatic rings. The molecular weight excluding hydrogens is 810 g/mol. The second-order valence-electron chi connectivity index (χ2n) is 15.7. The molecule has 2 aromatic heterocycles. The molecule has 50 heavy (non-hydrogen) atoms. The van der Waals surface area contributed by atoms with E-state index in [-0.39, 0.29) is 32.4 Å². The summed E-state index contributed by atoms with van der Waals surface area (Å²) in [6.07, 6.45) is 0.271. The van der Waals surface area contributed by atoms with Gasteiger partial charge in [0.15, 0.2) is 0 Å². The molecule has 0 N–H and O–H groups in total. The minimum atomic E-state index is -1.63. The molecule has 0 saturated carbocycles. The molecule has 0 bridgehead atoms. The van der Waals surface area contributed by atoms with E-state index >= 15 is 0 Å². The SMILES string of the molecule is [2H]C1([2H])c2c(ccc(C)c2C)[C@]2(C)SC(c3[c-]c(-n4c5[c-]c(-c6cc(C(C)(C)C)ccn6)ccc5c5cc(C)ccc54)cc(C(C)C)c3)=N[C@]12C.[Pt+2]. The first-order valence-corrected chi connectivity index (χ1v) is 18.2. The predicted octanol–water partition coefficient (Wildman–Crippen LogP) is 11.5. The van der Waals surface area contributed by atoms with Crippen molar-refractivity contribution < 1.29 is 23.8 Å². The Morgan fingerprint density at radius 1 is 0.900 bits per heavy atom. The average molecular weight is 857 g/mol. The summed E-state index contributed by atoms with van der Waals surface area (Å²) >= 11 is 1.69. The Balaban J connectivity index is 0.00000420. The topological polar surface area (TPSA) is 30.2 Å². The van der Waals surface area contributed by atoms with Crippen LogP contribution in [0.1, 0.15) is 102 Å². The van der Waals surface area contributed by atoms with Crippen LogP contribution in [-0.2, 0) is 37.6 Å². The number of hydrogen-bond acceptors (Lipinski definition) is 3. The number of aromatic nitrogens is 2. The number of hydrogen-bond donors (Lipinski definition) is 0. The second kappa shape index (κ2) is 12.1. The van der Waals surface area contributed by atoms with E-state index in [0.29, 0.717) is 0 Å². The molecule has 0 unspecified atom stereocenters. The largest absolute Gasteiger partial charge is 2.00 e.